The minimum atomic E-state index is 0.751. The van der Waals surface area contributed by atoms with E-state index in [4.69, 9.17) is 9.47 Å². The Kier molecular flexibility index (Phi) is 9.19. The van der Waals surface area contributed by atoms with E-state index in [1.165, 1.54) is 27.8 Å². The van der Waals surface area contributed by atoms with Crippen LogP contribution in [0.15, 0.2) is 48.0 Å². The molecular weight excluding hydrogens is 396 g/mol. The maximum atomic E-state index is 6.03. The normalized spacial score (nSPS) is 13.6. The van der Waals surface area contributed by atoms with Crippen LogP contribution in [0, 0.1) is 0 Å². The number of ether oxygens (including phenoxy) is 2. The molecule has 0 heterocycles. The van der Waals surface area contributed by atoms with Gasteiger partial charge in [0.2, 0.25) is 0 Å². The lowest BCUT2D eigenvalue weighted by atomic mass is 9.81. The number of allylic oxidation sites excluding steroid dienone is 1. The second kappa shape index (κ2) is 12.1. The molecule has 1 aliphatic rings. The Morgan fingerprint density at radius 1 is 0.750 bits per heavy atom. The molecule has 4 nitrogen and oxygen atoms in total. The largest absolute Gasteiger partial charge is 0.494 e. The zero-order chi connectivity index (χ0) is 22.9. The van der Waals surface area contributed by atoms with E-state index >= 15 is 0 Å². The highest BCUT2D eigenvalue weighted by Gasteiger charge is 2.20. The molecule has 0 radical (unpaired) electrons. The van der Waals surface area contributed by atoms with Gasteiger partial charge in [0.15, 0.2) is 0 Å². The number of fused-ring (bicyclic) bond motifs is 1. The summed E-state index contributed by atoms with van der Waals surface area (Å²) in [6.07, 6.45) is 5.36. The van der Waals surface area contributed by atoms with Crippen molar-refractivity contribution in [3.63, 3.8) is 0 Å². The van der Waals surface area contributed by atoms with Crippen molar-refractivity contribution in [1.82, 2.24) is 9.80 Å². The average Bonchev–Trinajstić information content (AvgIpc) is 2.79. The molecule has 3 rings (SSSR count). The summed E-state index contributed by atoms with van der Waals surface area (Å²) in [5.74, 6) is 1.94. The third kappa shape index (κ3) is 6.85. The summed E-state index contributed by atoms with van der Waals surface area (Å²) in [5.41, 5.74) is 6.96. The molecule has 0 spiro atoms. The van der Waals surface area contributed by atoms with E-state index in [1.807, 2.05) is 0 Å². The molecule has 0 aromatic heterocycles. The van der Waals surface area contributed by atoms with Gasteiger partial charge in [-0.1, -0.05) is 30.7 Å². The molecule has 174 valence electrons. The summed E-state index contributed by atoms with van der Waals surface area (Å²) in [5, 5.41) is 0. The predicted molar refractivity (Wildman–Crippen MR) is 135 cm³/mol. The van der Waals surface area contributed by atoms with Crippen molar-refractivity contribution in [3.8, 4) is 11.5 Å². The zero-order valence-electron chi connectivity index (χ0n) is 20.6. The molecule has 2 aromatic rings. The summed E-state index contributed by atoms with van der Waals surface area (Å²) in [7, 11) is 8.39. The Bertz CT molecular complexity index is 885. The molecule has 0 aliphatic heterocycles. The lowest BCUT2D eigenvalue weighted by Crippen LogP contribution is -2.15. The van der Waals surface area contributed by atoms with Gasteiger partial charge in [-0.25, -0.2) is 0 Å². The molecule has 32 heavy (non-hydrogen) atoms. The highest BCUT2D eigenvalue weighted by atomic mass is 16.5. The minimum absolute atomic E-state index is 0.751. The van der Waals surface area contributed by atoms with Crippen molar-refractivity contribution < 1.29 is 9.47 Å². The number of hydrogen-bond donors (Lipinski definition) is 0. The van der Waals surface area contributed by atoms with Crippen molar-refractivity contribution in [3.05, 3.63) is 64.7 Å². The fourth-order valence-corrected chi connectivity index (χ4v) is 4.28. The third-order valence-electron chi connectivity index (χ3n) is 6.00. The molecule has 0 saturated carbocycles. The predicted octanol–water partition coefficient (Wildman–Crippen LogP) is 5.51. The van der Waals surface area contributed by atoms with Crippen LogP contribution in [0.2, 0.25) is 0 Å². The van der Waals surface area contributed by atoms with E-state index in [0.29, 0.717) is 0 Å². The van der Waals surface area contributed by atoms with Gasteiger partial charge in [-0.3, -0.25) is 0 Å². The van der Waals surface area contributed by atoms with E-state index in [9.17, 15) is 0 Å². The van der Waals surface area contributed by atoms with Gasteiger partial charge in [0.1, 0.15) is 11.5 Å². The Balaban J connectivity index is 1.71. The molecule has 1 aliphatic carbocycles. The van der Waals surface area contributed by atoms with Crippen LogP contribution in [0.5, 0.6) is 11.5 Å². The van der Waals surface area contributed by atoms with Crippen LogP contribution in [0.3, 0.4) is 0 Å². The first-order chi connectivity index (χ1) is 15.5. The van der Waals surface area contributed by atoms with Crippen molar-refractivity contribution in [1.29, 1.82) is 0 Å². The van der Waals surface area contributed by atoms with Crippen molar-refractivity contribution in [2.24, 2.45) is 0 Å². The van der Waals surface area contributed by atoms with Crippen LogP contribution in [0.25, 0.3) is 5.57 Å². The van der Waals surface area contributed by atoms with Crippen LogP contribution in [-0.4, -0.2) is 64.3 Å². The maximum Gasteiger partial charge on any atom is 0.119 e. The van der Waals surface area contributed by atoms with E-state index in [1.54, 1.807) is 0 Å². The second-order valence-corrected chi connectivity index (χ2v) is 9.19. The number of hydrogen-bond acceptors (Lipinski definition) is 4. The zero-order valence-corrected chi connectivity index (χ0v) is 20.6. The Labute approximate surface area is 194 Å². The van der Waals surface area contributed by atoms with Crippen LogP contribution in [0.1, 0.15) is 49.3 Å². The van der Waals surface area contributed by atoms with Crippen LogP contribution in [0.4, 0.5) is 0 Å². The Hall–Kier alpha value is -2.30. The molecule has 0 atom stereocenters. The second-order valence-electron chi connectivity index (χ2n) is 9.19. The lowest BCUT2D eigenvalue weighted by molar-refractivity contribution is 0.281. The SMILES string of the molecule is CCC1=C(c2ccc(OCCCN(C)C)cc2)c2ccc(OCCCN(C)C)cc2CC1. The van der Waals surface area contributed by atoms with Gasteiger partial charge in [-0.2, -0.15) is 0 Å². The van der Waals surface area contributed by atoms with Crippen LogP contribution < -0.4 is 9.47 Å². The summed E-state index contributed by atoms with van der Waals surface area (Å²) >= 11 is 0. The molecular formula is C28H40N2O2. The summed E-state index contributed by atoms with van der Waals surface area (Å²) in [6.45, 7) is 5.87. The highest BCUT2D eigenvalue weighted by Crippen LogP contribution is 2.39. The topological polar surface area (TPSA) is 24.9 Å². The van der Waals surface area contributed by atoms with Gasteiger partial charge in [0.25, 0.3) is 0 Å². The quantitative estimate of drug-likeness (QED) is 0.410. The van der Waals surface area contributed by atoms with E-state index < -0.39 is 0 Å². The molecule has 2 aromatic carbocycles. The first-order valence-corrected chi connectivity index (χ1v) is 12.0. The van der Waals surface area contributed by atoms with Gasteiger partial charge in [0.05, 0.1) is 13.2 Å². The average molecular weight is 437 g/mol. The van der Waals surface area contributed by atoms with E-state index in [-0.39, 0.29) is 0 Å². The molecule has 0 N–H and O–H groups in total. The fraction of sp³-hybridized carbons (Fsp3) is 0.500. The Morgan fingerprint density at radius 2 is 1.34 bits per heavy atom. The maximum absolute atomic E-state index is 6.03. The van der Waals surface area contributed by atoms with E-state index in [0.717, 1.165) is 69.9 Å². The van der Waals surface area contributed by atoms with Crippen molar-refractivity contribution >= 4 is 5.57 Å². The third-order valence-corrected chi connectivity index (χ3v) is 6.00. The fourth-order valence-electron chi connectivity index (χ4n) is 4.28. The molecule has 0 saturated heterocycles. The van der Waals surface area contributed by atoms with E-state index in [2.05, 4.69) is 87.4 Å². The first-order valence-electron chi connectivity index (χ1n) is 12.0. The molecule has 0 unspecified atom stereocenters. The lowest BCUT2D eigenvalue weighted by Gasteiger charge is -2.24. The van der Waals surface area contributed by atoms with Crippen LogP contribution in [-0.2, 0) is 6.42 Å². The number of nitrogens with zero attached hydrogens (tertiary/aromatic N) is 2. The number of aryl methyl sites for hydroxylation is 1. The van der Waals surface area contributed by atoms with Gasteiger partial charge in [0, 0.05) is 13.1 Å². The molecule has 0 fully saturated rings. The molecule has 0 amide bonds. The summed E-state index contributed by atoms with van der Waals surface area (Å²) in [6, 6.07) is 15.3. The van der Waals surface area contributed by atoms with Gasteiger partial charge < -0.3 is 19.3 Å². The molecule has 4 heteroatoms. The number of rotatable bonds is 12. The van der Waals surface area contributed by atoms with Crippen molar-refractivity contribution in [2.45, 2.75) is 39.0 Å². The smallest absolute Gasteiger partial charge is 0.119 e. The minimum Gasteiger partial charge on any atom is -0.494 e. The Morgan fingerprint density at radius 3 is 1.94 bits per heavy atom. The van der Waals surface area contributed by atoms with Gasteiger partial charge >= 0.3 is 0 Å². The van der Waals surface area contributed by atoms with Crippen LogP contribution >= 0.6 is 0 Å². The van der Waals surface area contributed by atoms with Gasteiger partial charge in [-0.05, 0) is 107 Å². The summed E-state index contributed by atoms with van der Waals surface area (Å²) < 4.78 is 12.0. The summed E-state index contributed by atoms with van der Waals surface area (Å²) in [4.78, 5) is 4.38. The van der Waals surface area contributed by atoms with Crippen molar-refractivity contribution in [2.75, 3.05) is 54.5 Å². The standard InChI is InChI=1S/C28H40N2O2/c1-6-22-9-10-24-21-26(32-20-8-18-30(4)5)15-16-27(24)28(22)23-11-13-25(14-12-23)31-19-7-17-29(2)3/h11-16,21H,6-10,17-20H2,1-5H3. The highest BCUT2D eigenvalue weighted by molar-refractivity contribution is 5.85. The monoisotopic (exact) mass is 436 g/mol. The molecule has 0 bridgehead atoms. The first kappa shape index (κ1) is 24.3. The number of benzene rings is 2. The van der Waals surface area contributed by atoms with Gasteiger partial charge in [-0.15, -0.1) is 0 Å².